The molecule has 1 aliphatic rings. The fourth-order valence-electron chi connectivity index (χ4n) is 2.13. The molecule has 0 bridgehead atoms. The number of nitrogens with one attached hydrogen (secondary N) is 1. The van der Waals surface area contributed by atoms with E-state index in [1.165, 1.54) is 17.0 Å². The van der Waals surface area contributed by atoms with Gasteiger partial charge in [0.25, 0.3) is 0 Å². The van der Waals surface area contributed by atoms with Crippen LogP contribution in [-0.2, 0) is 0 Å². The minimum Gasteiger partial charge on any atom is -0.409 e. The van der Waals surface area contributed by atoms with Gasteiger partial charge in [0.2, 0.25) is 0 Å². The number of para-hydroxylation sites is 1. The molecule has 2 amide bonds. The second kappa shape index (κ2) is 5.55. The van der Waals surface area contributed by atoms with Gasteiger partial charge in [-0.25, -0.2) is 9.18 Å². The van der Waals surface area contributed by atoms with Gasteiger partial charge in [0.15, 0.2) is 5.84 Å². The molecule has 1 saturated heterocycles. The summed E-state index contributed by atoms with van der Waals surface area (Å²) in [4.78, 5) is 13.5. The van der Waals surface area contributed by atoms with Crippen LogP contribution < -0.4 is 11.1 Å². The lowest BCUT2D eigenvalue weighted by molar-refractivity contribution is 0.215. The Morgan fingerprint density at radius 2 is 2.26 bits per heavy atom. The number of anilines is 1. The molecule has 7 heteroatoms. The normalized spacial score (nSPS) is 19.5. The van der Waals surface area contributed by atoms with Gasteiger partial charge in [0, 0.05) is 6.54 Å². The van der Waals surface area contributed by atoms with E-state index in [1.807, 2.05) is 0 Å². The predicted molar refractivity (Wildman–Crippen MR) is 68.6 cm³/mol. The molecule has 102 valence electrons. The van der Waals surface area contributed by atoms with Gasteiger partial charge in [-0.2, -0.15) is 0 Å². The minimum absolute atomic E-state index is 0.0128. The Labute approximate surface area is 109 Å². The van der Waals surface area contributed by atoms with Gasteiger partial charge in [-0.05, 0) is 25.0 Å². The third-order valence-corrected chi connectivity index (χ3v) is 3.09. The zero-order valence-corrected chi connectivity index (χ0v) is 10.2. The summed E-state index contributed by atoms with van der Waals surface area (Å²) in [6.07, 6.45) is 1.38. The predicted octanol–water partition coefficient (Wildman–Crippen LogP) is 1.57. The molecule has 0 saturated carbocycles. The van der Waals surface area contributed by atoms with Gasteiger partial charge in [-0.3, -0.25) is 0 Å². The number of urea groups is 1. The first kappa shape index (κ1) is 13.1. The molecule has 4 N–H and O–H groups in total. The van der Waals surface area contributed by atoms with Gasteiger partial charge in [0.05, 0.1) is 11.7 Å². The lowest BCUT2D eigenvalue weighted by atomic mass is 10.2. The Morgan fingerprint density at radius 1 is 1.53 bits per heavy atom. The zero-order chi connectivity index (χ0) is 13.8. The Balaban J connectivity index is 2.10. The van der Waals surface area contributed by atoms with Crippen LogP contribution in [-0.4, -0.2) is 34.6 Å². The number of carbonyl (C=O) groups is 1. The third-order valence-electron chi connectivity index (χ3n) is 3.09. The van der Waals surface area contributed by atoms with Crippen molar-refractivity contribution in [2.24, 2.45) is 10.9 Å². The SMILES string of the molecule is NC(=NO)C1CCCN1C(=O)Nc1ccccc1F. The lowest BCUT2D eigenvalue weighted by Crippen LogP contribution is -2.45. The molecule has 0 spiro atoms. The van der Waals surface area contributed by atoms with Crippen molar-refractivity contribution in [1.29, 1.82) is 0 Å². The Hall–Kier alpha value is -2.31. The third kappa shape index (κ3) is 2.75. The number of benzene rings is 1. The van der Waals surface area contributed by atoms with Gasteiger partial charge in [0.1, 0.15) is 5.82 Å². The standard InChI is InChI=1S/C12H15FN4O2/c13-8-4-1-2-5-9(8)15-12(18)17-7-3-6-10(17)11(14)16-19/h1-2,4-5,10,19H,3,6-7H2,(H2,14,16)(H,15,18). The first-order chi connectivity index (χ1) is 9.13. The number of carbonyl (C=O) groups excluding carboxylic acids is 1. The molecule has 0 radical (unpaired) electrons. The van der Waals surface area contributed by atoms with E-state index in [9.17, 15) is 9.18 Å². The molecular weight excluding hydrogens is 251 g/mol. The van der Waals surface area contributed by atoms with Crippen molar-refractivity contribution in [3.05, 3.63) is 30.1 Å². The molecule has 1 fully saturated rings. The maximum atomic E-state index is 13.4. The average Bonchev–Trinajstić information content (AvgIpc) is 2.90. The number of rotatable bonds is 2. The van der Waals surface area contributed by atoms with Crippen LogP contribution in [0.2, 0.25) is 0 Å². The van der Waals surface area contributed by atoms with Gasteiger partial charge in [-0.1, -0.05) is 17.3 Å². The number of amides is 2. The number of amidine groups is 1. The maximum Gasteiger partial charge on any atom is 0.322 e. The van der Waals surface area contributed by atoms with E-state index in [2.05, 4.69) is 10.5 Å². The van der Waals surface area contributed by atoms with E-state index in [1.54, 1.807) is 12.1 Å². The van der Waals surface area contributed by atoms with E-state index in [-0.39, 0.29) is 11.5 Å². The van der Waals surface area contributed by atoms with Gasteiger partial charge >= 0.3 is 6.03 Å². The van der Waals surface area contributed by atoms with Gasteiger partial charge in [-0.15, -0.1) is 0 Å². The quantitative estimate of drug-likeness (QED) is 0.328. The molecule has 2 rings (SSSR count). The van der Waals surface area contributed by atoms with Crippen LogP contribution >= 0.6 is 0 Å². The van der Waals surface area contributed by atoms with Crippen molar-refractivity contribution in [2.45, 2.75) is 18.9 Å². The number of halogens is 1. The van der Waals surface area contributed by atoms with Crippen LogP contribution in [0.5, 0.6) is 0 Å². The monoisotopic (exact) mass is 266 g/mol. The summed E-state index contributed by atoms with van der Waals surface area (Å²) in [7, 11) is 0. The number of nitrogens with two attached hydrogens (primary N) is 1. The smallest absolute Gasteiger partial charge is 0.322 e. The summed E-state index contributed by atoms with van der Waals surface area (Å²) in [6.45, 7) is 0.487. The van der Waals surface area contributed by atoms with Crippen molar-refractivity contribution < 1.29 is 14.4 Å². The maximum absolute atomic E-state index is 13.4. The summed E-state index contributed by atoms with van der Waals surface area (Å²) in [5.41, 5.74) is 5.64. The van der Waals surface area contributed by atoms with Crippen LogP contribution in [0, 0.1) is 5.82 Å². The topological polar surface area (TPSA) is 91.0 Å². The highest BCUT2D eigenvalue weighted by molar-refractivity contribution is 5.95. The average molecular weight is 266 g/mol. The zero-order valence-electron chi connectivity index (χ0n) is 10.2. The van der Waals surface area contributed by atoms with Gasteiger partial charge < -0.3 is 21.2 Å². The molecule has 19 heavy (non-hydrogen) atoms. The molecule has 1 aromatic rings. The lowest BCUT2D eigenvalue weighted by Gasteiger charge is -2.23. The molecular formula is C12H15FN4O2. The van der Waals surface area contributed by atoms with Crippen molar-refractivity contribution in [2.75, 3.05) is 11.9 Å². The Kier molecular flexibility index (Phi) is 3.84. The molecule has 1 atom stereocenters. The summed E-state index contributed by atoms with van der Waals surface area (Å²) in [5, 5.41) is 14.1. The molecule has 1 aromatic carbocycles. The van der Waals surface area contributed by atoms with Crippen LogP contribution in [0.1, 0.15) is 12.8 Å². The highest BCUT2D eigenvalue weighted by Crippen LogP contribution is 2.20. The summed E-state index contributed by atoms with van der Waals surface area (Å²) in [5.74, 6) is -0.517. The Bertz CT molecular complexity index is 506. The largest absolute Gasteiger partial charge is 0.409 e. The fraction of sp³-hybridized carbons (Fsp3) is 0.333. The van der Waals surface area contributed by atoms with Crippen LogP contribution in [0.4, 0.5) is 14.9 Å². The molecule has 1 unspecified atom stereocenters. The summed E-state index contributed by atoms with van der Waals surface area (Å²) >= 11 is 0. The molecule has 0 aliphatic carbocycles. The molecule has 1 heterocycles. The molecule has 0 aromatic heterocycles. The summed E-state index contributed by atoms with van der Waals surface area (Å²) < 4.78 is 13.4. The number of oxime groups is 1. The highest BCUT2D eigenvalue weighted by atomic mass is 19.1. The highest BCUT2D eigenvalue weighted by Gasteiger charge is 2.32. The van der Waals surface area contributed by atoms with Crippen LogP contribution in [0.3, 0.4) is 0 Å². The molecule has 1 aliphatic heterocycles. The second-order valence-corrected chi connectivity index (χ2v) is 4.29. The first-order valence-electron chi connectivity index (χ1n) is 5.93. The van der Waals surface area contributed by atoms with E-state index in [0.29, 0.717) is 13.0 Å². The summed E-state index contributed by atoms with van der Waals surface area (Å²) in [6, 6.07) is 5.00. The number of nitrogens with zero attached hydrogens (tertiary/aromatic N) is 2. The number of hydrogen-bond donors (Lipinski definition) is 3. The molecule has 6 nitrogen and oxygen atoms in total. The minimum atomic E-state index is -0.504. The van der Waals surface area contributed by atoms with Crippen LogP contribution in [0.25, 0.3) is 0 Å². The van der Waals surface area contributed by atoms with E-state index >= 15 is 0 Å². The first-order valence-corrected chi connectivity index (χ1v) is 5.93. The van der Waals surface area contributed by atoms with Crippen molar-refractivity contribution in [1.82, 2.24) is 4.90 Å². The van der Waals surface area contributed by atoms with Crippen molar-refractivity contribution in [3.63, 3.8) is 0 Å². The van der Waals surface area contributed by atoms with E-state index < -0.39 is 17.9 Å². The van der Waals surface area contributed by atoms with Crippen LogP contribution in [0.15, 0.2) is 29.4 Å². The number of likely N-dealkylation sites (tertiary alicyclic amines) is 1. The van der Waals surface area contributed by atoms with E-state index in [0.717, 1.165) is 6.42 Å². The fourth-order valence-corrected chi connectivity index (χ4v) is 2.13. The number of hydrogen-bond acceptors (Lipinski definition) is 3. The Morgan fingerprint density at radius 3 is 2.95 bits per heavy atom. The van der Waals surface area contributed by atoms with Crippen molar-refractivity contribution >= 4 is 17.6 Å². The van der Waals surface area contributed by atoms with E-state index in [4.69, 9.17) is 10.9 Å². The van der Waals surface area contributed by atoms with Crippen molar-refractivity contribution in [3.8, 4) is 0 Å². The second-order valence-electron chi connectivity index (χ2n) is 4.29.